The number of aromatic amines is 1. The molecule has 7 N–H and O–H groups in total. The average Bonchev–Trinajstić information content (AvgIpc) is 3.09. The number of urea groups is 1. The van der Waals surface area contributed by atoms with Crippen LogP contribution in [0.2, 0.25) is 0 Å². The second-order valence-electron chi connectivity index (χ2n) is 6.43. The molecule has 7 heteroatoms. The molecular weight excluding hydrogens is 352 g/mol. The minimum absolute atomic E-state index is 0.309. The van der Waals surface area contributed by atoms with Crippen molar-refractivity contribution >= 4 is 34.1 Å². The smallest absolute Gasteiger partial charge is 0.323 e. The first kappa shape index (κ1) is 17.6. The Morgan fingerprint density at radius 3 is 2.46 bits per heavy atom. The van der Waals surface area contributed by atoms with Gasteiger partial charge in [-0.05, 0) is 53.1 Å². The molecule has 0 aliphatic rings. The van der Waals surface area contributed by atoms with Crippen molar-refractivity contribution in [1.82, 2.24) is 10.2 Å². The molecule has 0 saturated heterocycles. The van der Waals surface area contributed by atoms with Gasteiger partial charge in [-0.1, -0.05) is 30.3 Å². The van der Waals surface area contributed by atoms with Crippen molar-refractivity contribution in [3.05, 3.63) is 72.3 Å². The molecule has 0 radical (unpaired) electrons. The van der Waals surface area contributed by atoms with Gasteiger partial charge in [-0.25, -0.2) is 4.79 Å². The lowest BCUT2D eigenvalue weighted by Gasteiger charge is -2.09. The average molecular weight is 372 g/mol. The van der Waals surface area contributed by atoms with E-state index in [0.717, 1.165) is 27.6 Å². The Balaban J connectivity index is 1.45. The Hall–Kier alpha value is -3.84. The van der Waals surface area contributed by atoms with Crippen molar-refractivity contribution in [2.45, 2.75) is 6.54 Å². The summed E-state index contributed by atoms with van der Waals surface area (Å²) in [6.45, 7) is 0.426. The number of fused-ring (bicyclic) bond motifs is 1. The van der Waals surface area contributed by atoms with Crippen molar-refractivity contribution in [3.63, 3.8) is 0 Å². The van der Waals surface area contributed by atoms with E-state index in [0.29, 0.717) is 23.7 Å². The summed E-state index contributed by atoms with van der Waals surface area (Å²) in [5.41, 5.74) is 16.7. The summed E-state index contributed by atoms with van der Waals surface area (Å²) in [5.74, 6) is 0.490. The number of nitrogens with two attached hydrogens (primary N) is 2. The van der Waals surface area contributed by atoms with Crippen LogP contribution < -0.4 is 22.1 Å². The minimum atomic E-state index is -0.309. The Kier molecular flexibility index (Phi) is 4.65. The Labute approximate surface area is 161 Å². The van der Waals surface area contributed by atoms with E-state index >= 15 is 0 Å². The van der Waals surface area contributed by atoms with Crippen LogP contribution in [-0.4, -0.2) is 16.2 Å². The highest BCUT2D eigenvalue weighted by Gasteiger charge is 2.06. The summed E-state index contributed by atoms with van der Waals surface area (Å²) in [5, 5.41) is 13.5. The van der Waals surface area contributed by atoms with E-state index in [1.807, 2.05) is 66.7 Å². The van der Waals surface area contributed by atoms with Crippen LogP contribution >= 0.6 is 0 Å². The van der Waals surface area contributed by atoms with Crippen molar-refractivity contribution in [3.8, 4) is 11.1 Å². The van der Waals surface area contributed by atoms with Crippen LogP contribution in [0.15, 0.2) is 66.7 Å². The Morgan fingerprint density at radius 1 is 0.929 bits per heavy atom. The molecule has 7 nitrogen and oxygen atoms in total. The zero-order chi connectivity index (χ0) is 19.5. The number of amides is 2. The zero-order valence-corrected chi connectivity index (χ0v) is 15.1. The highest BCUT2D eigenvalue weighted by molar-refractivity contribution is 6.00. The maximum Gasteiger partial charge on any atom is 0.323 e. The molecule has 4 rings (SSSR count). The topological polar surface area (TPSA) is 122 Å². The largest absolute Gasteiger partial charge is 0.382 e. The fraction of sp³-hybridized carbons (Fsp3) is 0.0476. The van der Waals surface area contributed by atoms with Crippen LogP contribution in [0.3, 0.4) is 0 Å². The number of carbonyl (C=O) groups excluding carboxylic acids is 1. The summed E-state index contributed by atoms with van der Waals surface area (Å²) in [4.78, 5) is 12.2. The van der Waals surface area contributed by atoms with Crippen LogP contribution in [0.1, 0.15) is 5.56 Å². The van der Waals surface area contributed by atoms with E-state index in [-0.39, 0.29) is 6.03 Å². The van der Waals surface area contributed by atoms with Gasteiger partial charge < -0.3 is 22.1 Å². The number of aromatic nitrogens is 2. The van der Waals surface area contributed by atoms with Crippen LogP contribution in [-0.2, 0) is 6.54 Å². The molecule has 0 atom stereocenters. The molecule has 0 bridgehead atoms. The normalized spacial score (nSPS) is 10.8. The number of carbonyl (C=O) groups is 1. The number of hydrogen-bond acceptors (Lipinski definition) is 4. The van der Waals surface area contributed by atoms with Gasteiger partial charge in [0.25, 0.3) is 0 Å². The fourth-order valence-electron chi connectivity index (χ4n) is 3.04. The predicted molar refractivity (Wildman–Crippen MR) is 113 cm³/mol. The third-order valence-electron chi connectivity index (χ3n) is 4.49. The van der Waals surface area contributed by atoms with E-state index < -0.39 is 0 Å². The lowest BCUT2D eigenvalue weighted by atomic mass is 10.0. The first-order valence-corrected chi connectivity index (χ1v) is 8.83. The van der Waals surface area contributed by atoms with Crippen molar-refractivity contribution in [2.24, 2.45) is 5.73 Å². The Morgan fingerprint density at radius 2 is 1.68 bits per heavy atom. The van der Waals surface area contributed by atoms with Crippen molar-refractivity contribution < 1.29 is 4.79 Å². The molecule has 0 fully saturated rings. The summed E-state index contributed by atoms with van der Waals surface area (Å²) < 4.78 is 0. The zero-order valence-electron chi connectivity index (χ0n) is 15.1. The lowest BCUT2D eigenvalue weighted by Crippen LogP contribution is -2.19. The van der Waals surface area contributed by atoms with E-state index in [4.69, 9.17) is 11.5 Å². The molecule has 0 spiro atoms. The first-order chi connectivity index (χ1) is 13.6. The van der Waals surface area contributed by atoms with E-state index in [1.165, 1.54) is 0 Å². The molecule has 0 aliphatic heterocycles. The minimum Gasteiger partial charge on any atom is -0.382 e. The predicted octanol–water partition coefficient (Wildman–Crippen LogP) is 3.91. The molecule has 2 amide bonds. The van der Waals surface area contributed by atoms with Gasteiger partial charge in [0, 0.05) is 23.3 Å². The van der Waals surface area contributed by atoms with E-state index in [2.05, 4.69) is 20.8 Å². The Bertz CT molecular complexity index is 1130. The number of benzene rings is 3. The highest BCUT2D eigenvalue weighted by atomic mass is 16.2. The first-order valence-electron chi connectivity index (χ1n) is 8.83. The van der Waals surface area contributed by atoms with Gasteiger partial charge in [-0.3, -0.25) is 5.10 Å². The molecule has 0 aliphatic carbocycles. The quantitative estimate of drug-likeness (QED) is 0.373. The van der Waals surface area contributed by atoms with Gasteiger partial charge in [0.1, 0.15) is 0 Å². The maximum absolute atomic E-state index is 12.2. The summed E-state index contributed by atoms with van der Waals surface area (Å²) >= 11 is 0. The van der Waals surface area contributed by atoms with Gasteiger partial charge in [0.05, 0.1) is 5.52 Å². The molecule has 3 aromatic carbocycles. The second kappa shape index (κ2) is 7.42. The van der Waals surface area contributed by atoms with Crippen LogP contribution in [0.5, 0.6) is 0 Å². The molecule has 1 aromatic heterocycles. The summed E-state index contributed by atoms with van der Waals surface area (Å²) in [7, 11) is 0. The van der Waals surface area contributed by atoms with Crippen molar-refractivity contribution in [2.75, 3.05) is 16.4 Å². The van der Waals surface area contributed by atoms with Gasteiger partial charge in [0.15, 0.2) is 5.82 Å². The number of hydrogen-bond donors (Lipinski definition) is 5. The van der Waals surface area contributed by atoms with Crippen LogP contribution in [0, 0.1) is 0 Å². The molecule has 0 unspecified atom stereocenters. The highest BCUT2D eigenvalue weighted by Crippen LogP contribution is 2.26. The second-order valence-corrected chi connectivity index (χ2v) is 6.43. The van der Waals surface area contributed by atoms with Gasteiger partial charge in [-0.15, -0.1) is 0 Å². The molecule has 1 heterocycles. The number of nitrogen functional groups attached to an aromatic ring is 1. The third kappa shape index (κ3) is 3.65. The molecular formula is C21H20N6O. The number of rotatable bonds is 4. The van der Waals surface area contributed by atoms with Gasteiger partial charge in [0.2, 0.25) is 0 Å². The van der Waals surface area contributed by atoms with Gasteiger partial charge in [-0.2, -0.15) is 5.10 Å². The SMILES string of the molecule is NCc1cccc(NC(=O)Nc2ccc(-c3ccc4c(N)n[nH]c4c3)cc2)c1. The fourth-order valence-corrected chi connectivity index (χ4v) is 3.04. The van der Waals surface area contributed by atoms with E-state index in [1.54, 1.807) is 0 Å². The number of anilines is 3. The summed E-state index contributed by atoms with van der Waals surface area (Å²) in [6, 6.07) is 20.7. The van der Waals surface area contributed by atoms with Crippen LogP contribution in [0.4, 0.5) is 22.0 Å². The number of H-pyrrole nitrogens is 1. The lowest BCUT2D eigenvalue weighted by molar-refractivity contribution is 0.262. The van der Waals surface area contributed by atoms with Gasteiger partial charge >= 0.3 is 6.03 Å². The maximum atomic E-state index is 12.2. The monoisotopic (exact) mass is 372 g/mol. The molecule has 140 valence electrons. The summed E-state index contributed by atoms with van der Waals surface area (Å²) in [6.07, 6.45) is 0. The molecule has 0 saturated carbocycles. The molecule has 28 heavy (non-hydrogen) atoms. The molecule has 4 aromatic rings. The number of nitrogens with one attached hydrogen (secondary N) is 3. The van der Waals surface area contributed by atoms with Crippen LogP contribution in [0.25, 0.3) is 22.0 Å². The van der Waals surface area contributed by atoms with E-state index in [9.17, 15) is 4.79 Å². The standard InChI is InChI=1S/C21H20N6O/c22-12-13-2-1-3-17(10-13)25-21(28)24-16-7-4-14(5-8-16)15-6-9-18-19(11-15)26-27-20(18)23/h1-11H,12,22H2,(H3,23,26,27)(H2,24,25,28). The number of nitrogens with zero attached hydrogens (tertiary/aromatic N) is 1. The third-order valence-corrected chi connectivity index (χ3v) is 4.49. The van der Waals surface area contributed by atoms with Crippen molar-refractivity contribution in [1.29, 1.82) is 0 Å².